The van der Waals surface area contributed by atoms with Crippen LogP contribution in [-0.2, 0) is 6.42 Å². The predicted octanol–water partition coefficient (Wildman–Crippen LogP) is 5.37. The van der Waals surface area contributed by atoms with Crippen LogP contribution < -0.4 is 9.64 Å². The van der Waals surface area contributed by atoms with Crippen LogP contribution in [0, 0.1) is 11.3 Å². The molecule has 6 nitrogen and oxygen atoms in total. The van der Waals surface area contributed by atoms with Gasteiger partial charge in [-0.05, 0) is 79.9 Å². The molecule has 6 heteroatoms. The van der Waals surface area contributed by atoms with Crippen molar-refractivity contribution in [1.82, 2.24) is 14.9 Å². The maximum atomic E-state index is 9.16. The second-order valence-corrected chi connectivity index (χ2v) is 8.74. The molecule has 0 bridgehead atoms. The van der Waals surface area contributed by atoms with Crippen molar-refractivity contribution in [3.05, 3.63) is 84.2 Å². The van der Waals surface area contributed by atoms with Gasteiger partial charge in [-0.15, -0.1) is 0 Å². The highest BCUT2D eigenvalue weighted by molar-refractivity contribution is 5.84. The number of anilines is 1. The van der Waals surface area contributed by atoms with E-state index in [1.807, 2.05) is 48.5 Å². The van der Waals surface area contributed by atoms with Gasteiger partial charge in [0.05, 0.1) is 11.6 Å². The molecule has 34 heavy (non-hydrogen) atoms. The third kappa shape index (κ3) is 5.22. The number of rotatable bonds is 8. The third-order valence-electron chi connectivity index (χ3n) is 6.50. The molecule has 0 radical (unpaired) electrons. The van der Waals surface area contributed by atoms with Gasteiger partial charge >= 0.3 is 0 Å². The van der Waals surface area contributed by atoms with E-state index < -0.39 is 0 Å². The van der Waals surface area contributed by atoms with Gasteiger partial charge in [0.15, 0.2) is 0 Å². The molecular weight excluding hydrogens is 422 g/mol. The number of H-pyrrole nitrogens is 1. The highest BCUT2D eigenvalue weighted by Crippen LogP contribution is 2.24. The average molecular weight is 452 g/mol. The summed E-state index contributed by atoms with van der Waals surface area (Å²) in [5, 5.41) is 10.3. The lowest BCUT2D eigenvalue weighted by Gasteiger charge is -2.36. The first-order valence-corrected chi connectivity index (χ1v) is 11.9. The standard InChI is InChI=1S/C28H29N5O/c29-20-22-7-12-27-26(19-22)23(21-31-27)5-2-4-14-32-15-17-33(18-16-32)24-8-10-25(11-9-24)34-28-6-1-3-13-30-28/h1,3,6-13,19,21,31H,2,4-5,14-18H2. The second kappa shape index (κ2) is 10.4. The Morgan fingerprint density at radius 1 is 0.971 bits per heavy atom. The summed E-state index contributed by atoms with van der Waals surface area (Å²) < 4.78 is 5.80. The molecule has 1 aliphatic rings. The van der Waals surface area contributed by atoms with Crippen molar-refractivity contribution in [2.75, 3.05) is 37.6 Å². The number of aromatic amines is 1. The van der Waals surface area contributed by atoms with Crippen molar-refractivity contribution in [2.45, 2.75) is 19.3 Å². The number of piperazine rings is 1. The molecule has 1 fully saturated rings. The predicted molar refractivity (Wildman–Crippen MR) is 135 cm³/mol. The molecule has 0 unspecified atom stereocenters. The number of nitrogens with one attached hydrogen (secondary N) is 1. The fourth-order valence-electron chi connectivity index (χ4n) is 4.59. The maximum absolute atomic E-state index is 9.16. The van der Waals surface area contributed by atoms with Gasteiger partial charge < -0.3 is 14.6 Å². The lowest BCUT2D eigenvalue weighted by Crippen LogP contribution is -2.46. The molecular formula is C28H29N5O. The van der Waals surface area contributed by atoms with Crippen molar-refractivity contribution in [3.8, 4) is 17.7 Å². The zero-order valence-electron chi connectivity index (χ0n) is 19.3. The van der Waals surface area contributed by atoms with Gasteiger partial charge in [-0.3, -0.25) is 4.90 Å². The zero-order chi connectivity index (χ0) is 23.2. The van der Waals surface area contributed by atoms with Crippen LogP contribution in [0.5, 0.6) is 11.6 Å². The van der Waals surface area contributed by atoms with Crippen LogP contribution in [0.15, 0.2) is 73.1 Å². The van der Waals surface area contributed by atoms with Crippen molar-refractivity contribution in [3.63, 3.8) is 0 Å². The van der Waals surface area contributed by atoms with E-state index in [1.165, 1.54) is 23.1 Å². The molecule has 0 aliphatic carbocycles. The first-order valence-electron chi connectivity index (χ1n) is 11.9. The fourth-order valence-corrected chi connectivity index (χ4v) is 4.59. The largest absolute Gasteiger partial charge is 0.439 e. The minimum Gasteiger partial charge on any atom is -0.439 e. The number of ether oxygens (including phenoxy) is 1. The first-order chi connectivity index (χ1) is 16.8. The summed E-state index contributed by atoms with van der Waals surface area (Å²) >= 11 is 0. The molecule has 4 aromatic rings. The lowest BCUT2D eigenvalue weighted by atomic mass is 10.1. The van der Waals surface area contributed by atoms with Crippen molar-refractivity contribution >= 4 is 16.6 Å². The van der Waals surface area contributed by atoms with Gasteiger partial charge in [0.2, 0.25) is 5.88 Å². The molecule has 0 saturated carbocycles. The zero-order valence-corrected chi connectivity index (χ0v) is 19.3. The number of nitriles is 1. The number of fused-ring (bicyclic) bond motifs is 1. The Hall–Kier alpha value is -3.82. The van der Waals surface area contributed by atoms with Crippen molar-refractivity contribution in [1.29, 1.82) is 5.26 Å². The number of aryl methyl sites for hydroxylation is 1. The van der Waals surface area contributed by atoms with Crippen LogP contribution >= 0.6 is 0 Å². The van der Waals surface area contributed by atoms with E-state index >= 15 is 0 Å². The summed E-state index contributed by atoms with van der Waals surface area (Å²) in [6, 6.07) is 22.1. The quantitative estimate of drug-likeness (QED) is 0.365. The molecule has 0 amide bonds. The van der Waals surface area contributed by atoms with E-state index in [4.69, 9.17) is 10.00 Å². The Kier molecular flexibility index (Phi) is 6.73. The van der Waals surface area contributed by atoms with Crippen LogP contribution in [0.2, 0.25) is 0 Å². The Bertz CT molecular complexity index is 1250. The van der Waals surface area contributed by atoms with E-state index in [2.05, 4.69) is 44.2 Å². The van der Waals surface area contributed by atoms with E-state index in [9.17, 15) is 0 Å². The summed E-state index contributed by atoms with van der Waals surface area (Å²) in [4.78, 5) is 12.5. The molecule has 3 heterocycles. The van der Waals surface area contributed by atoms with Crippen LogP contribution in [0.3, 0.4) is 0 Å². The van der Waals surface area contributed by atoms with Gasteiger partial charge in [-0.1, -0.05) is 6.07 Å². The molecule has 2 aromatic carbocycles. The molecule has 172 valence electrons. The minimum absolute atomic E-state index is 0.612. The van der Waals surface area contributed by atoms with E-state index in [0.717, 1.165) is 62.4 Å². The van der Waals surface area contributed by atoms with Gasteiger partial charge in [0, 0.05) is 61.2 Å². The van der Waals surface area contributed by atoms with E-state index in [-0.39, 0.29) is 0 Å². The van der Waals surface area contributed by atoms with Crippen LogP contribution in [0.1, 0.15) is 24.0 Å². The number of benzene rings is 2. The van der Waals surface area contributed by atoms with E-state index in [1.54, 1.807) is 6.20 Å². The monoisotopic (exact) mass is 451 g/mol. The number of hydrogen-bond donors (Lipinski definition) is 1. The molecule has 0 atom stereocenters. The molecule has 1 saturated heterocycles. The average Bonchev–Trinajstić information content (AvgIpc) is 3.30. The van der Waals surface area contributed by atoms with Gasteiger partial charge in [-0.25, -0.2) is 4.98 Å². The minimum atomic E-state index is 0.612. The third-order valence-corrected chi connectivity index (χ3v) is 6.50. The normalized spacial score (nSPS) is 14.3. The smallest absolute Gasteiger partial charge is 0.219 e. The van der Waals surface area contributed by atoms with Crippen LogP contribution in [0.4, 0.5) is 5.69 Å². The highest BCUT2D eigenvalue weighted by atomic mass is 16.5. The summed E-state index contributed by atoms with van der Waals surface area (Å²) in [6.45, 7) is 5.39. The number of nitrogens with zero attached hydrogens (tertiary/aromatic N) is 4. The highest BCUT2D eigenvalue weighted by Gasteiger charge is 2.17. The lowest BCUT2D eigenvalue weighted by molar-refractivity contribution is 0.253. The van der Waals surface area contributed by atoms with Gasteiger partial charge in [0.1, 0.15) is 5.75 Å². The van der Waals surface area contributed by atoms with Crippen molar-refractivity contribution in [2.24, 2.45) is 0 Å². The second-order valence-electron chi connectivity index (χ2n) is 8.74. The van der Waals surface area contributed by atoms with Crippen molar-refractivity contribution < 1.29 is 4.74 Å². The summed E-state index contributed by atoms with van der Waals surface area (Å²) in [5.41, 5.74) is 4.39. The summed E-state index contributed by atoms with van der Waals surface area (Å²) in [5.74, 6) is 1.42. The van der Waals surface area contributed by atoms with Crippen LogP contribution in [-0.4, -0.2) is 47.6 Å². The molecule has 1 aliphatic heterocycles. The van der Waals surface area contributed by atoms with Gasteiger partial charge in [0.25, 0.3) is 0 Å². The topological polar surface area (TPSA) is 68.2 Å². The number of pyridine rings is 1. The Morgan fingerprint density at radius 3 is 2.59 bits per heavy atom. The first kappa shape index (κ1) is 22.0. The van der Waals surface area contributed by atoms with Gasteiger partial charge in [-0.2, -0.15) is 5.26 Å². The number of hydrogen-bond acceptors (Lipinski definition) is 5. The molecule has 2 aromatic heterocycles. The Morgan fingerprint density at radius 2 is 1.82 bits per heavy atom. The van der Waals surface area contributed by atoms with Crippen LogP contribution in [0.25, 0.3) is 10.9 Å². The molecule has 5 rings (SSSR count). The molecule has 1 N–H and O–H groups in total. The number of aromatic nitrogens is 2. The Balaban J connectivity index is 1.05. The summed E-state index contributed by atoms with van der Waals surface area (Å²) in [6.07, 6.45) is 7.21. The molecule has 0 spiro atoms. The number of unbranched alkanes of at least 4 members (excludes halogenated alkanes) is 1. The maximum Gasteiger partial charge on any atom is 0.219 e. The SMILES string of the molecule is N#Cc1ccc2[nH]cc(CCCCN3CCN(c4ccc(Oc5ccccn5)cc4)CC3)c2c1. The fraction of sp³-hybridized carbons (Fsp3) is 0.286. The summed E-state index contributed by atoms with van der Waals surface area (Å²) in [7, 11) is 0. The van der Waals surface area contributed by atoms with E-state index in [0.29, 0.717) is 5.88 Å². The Labute approximate surface area is 200 Å².